The van der Waals surface area contributed by atoms with E-state index in [-0.39, 0.29) is 6.61 Å². The van der Waals surface area contributed by atoms with Crippen molar-refractivity contribution in [1.29, 1.82) is 0 Å². The quantitative estimate of drug-likeness (QED) is 0.376. The standard InChI is InChI=1S/C5H9NO2/c1-2-5(8)4(6)3-7/h1,4-5,7-8H,3,6H2/t4-,5?/m0/s1. The van der Waals surface area contributed by atoms with Gasteiger partial charge >= 0.3 is 0 Å². The van der Waals surface area contributed by atoms with Crippen LogP contribution in [0.25, 0.3) is 0 Å². The number of aliphatic hydroxyl groups is 2. The summed E-state index contributed by atoms with van der Waals surface area (Å²) in [6.45, 7) is -0.286. The molecule has 0 saturated carbocycles. The van der Waals surface area contributed by atoms with E-state index in [4.69, 9.17) is 22.4 Å². The van der Waals surface area contributed by atoms with Gasteiger partial charge in [-0.25, -0.2) is 0 Å². The average Bonchev–Trinajstić information content (AvgIpc) is 1.84. The van der Waals surface area contributed by atoms with E-state index >= 15 is 0 Å². The third-order valence-electron chi connectivity index (χ3n) is 0.787. The molecule has 8 heavy (non-hydrogen) atoms. The fourth-order valence-electron chi connectivity index (χ4n) is 0.223. The first-order valence-corrected chi connectivity index (χ1v) is 2.23. The summed E-state index contributed by atoms with van der Waals surface area (Å²) in [5.74, 6) is 1.99. The maximum Gasteiger partial charge on any atom is 0.131 e. The molecule has 0 rings (SSSR count). The van der Waals surface area contributed by atoms with Crippen molar-refractivity contribution in [2.75, 3.05) is 6.61 Å². The number of nitrogens with two attached hydrogens (primary N) is 1. The number of rotatable bonds is 2. The van der Waals surface area contributed by atoms with Crippen LogP contribution in [0.3, 0.4) is 0 Å². The Balaban J connectivity index is 3.49. The first-order valence-electron chi connectivity index (χ1n) is 2.23. The van der Waals surface area contributed by atoms with E-state index in [0.29, 0.717) is 0 Å². The van der Waals surface area contributed by atoms with Gasteiger partial charge in [0, 0.05) is 0 Å². The topological polar surface area (TPSA) is 66.5 Å². The number of hydrogen-bond acceptors (Lipinski definition) is 3. The molecule has 0 heterocycles. The number of aliphatic hydroxyl groups excluding tert-OH is 2. The highest BCUT2D eigenvalue weighted by Crippen LogP contribution is 1.83. The summed E-state index contributed by atoms with van der Waals surface area (Å²) in [4.78, 5) is 0. The van der Waals surface area contributed by atoms with E-state index in [9.17, 15) is 0 Å². The van der Waals surface area contributed by atoms with Gasteiger partial charge in [-0.3, -0.25) is 0 Å². The maximum atomic E-state index is 8.61. The zero-order chi connectivity index (χ0) is 6.57. The predicted molar refractivity (Wildman–Crippen MR) is 29.9 cm³/mol. The van der Waals surface area contributed by atoms with Gasteiger partial charge in [0.1, 0.15) is 6.10 Å². The molecule has 4 N–H and O–H groups in total. The molecule has 3 heteroatoms. The molecular formula is C5H9NO2. The first-order chi connectivity index (χ1) is 3.72. The highest BCUT2D eigenvalue weighted by atomic mass is 16.3. The van der Waals surface area contributed by atoms with Crippen LogP contribution >= 0.6 is 0 Å². The van der Waals surface area contributed by atoms with E-state index in [1.165, 1.54) is 0 Å². The van der Waals surface area contributed by atoms with E-state index in [2.05, 4.69) is 0 Å². The van der Waals surface area contributed by atoms with Crippen LogP contribution in [-0.4, -0.2) is 29.0 Å². The SMILES string of the molecule is C#CC(O)[C@@H](N)CO. The van der Waals surface area contributed by atoms with Gasteiger partial charge in [-0.2, -0.15) is 0 Å². The predicted octanol–water partition coefficient (Wildman–Crippen LogP) is -1.70. The molecule has 0 aromatic heterocycles. The Kier molecular flexibility index (Phi) is 3.20. The van der Waals surface area contributed by atoms with Gasteiger partial charge in [-0.1, -0.05) is 5.92 Å². The van der Waals surface area contributed by atoms with E-state index in [0.717, 1.165) is 0 Å². The highest BCUT2D eigenvalue weighted by Gasteiger charge is 2.08. The third-order valence-corrected chi connectivity index (χ3v) is 0.787. The van der Waals surface area contributed by atoms with Crippen LogP contribution in [0.5, 0.6) is 0 Å². The summed E-state index contributed by atoms with van der Waals surface area (Å²) >= 11 is 0. The van der Waals surface area contributed by atoms with Crippen LogP contribution in [0, 0.1) is 12.3 Å². The Morgan fingerprint density at radius 2 is 2.25 bits per heavy atom. The Morgan fingerprint density at radius 1 is 1.75 bits per heavy atom. The third kappa shape index (κ3) is 1.94. The van der Waals surface area contributed by atoms with Crippen LogP contribution in [0.4, 0.5) is 0 Å². The van der Waals surface area contributed by atoms with Gasteiger partial charge in [0.05, 0.1) is 12.6 Å². The summed E-state index contributed by atoms with van der Waals surface area (Å²) in [7, 11) is 0. The molecule has 0 aliphatic heterocycles. The fraction of sp³-hybridized carbons (Fsp3) is 0.600. The summed E-state index contributed by atoms with van der Waals surface area (Å²) < 4.78 is 0. The molecule has 0 aliphatic carbocycles. The lowest BCUT2D eigenvalue weighted by Crippen LogP contribution is -2.36. The molecule has 0 fully saturated rings. The molecule has 3 nitrogen and oxygen atoms in total. The molecular weight excluding hydrogens is 106 g/mol. The van der Waals surface area contributed by atoms with Crippen LogP contribution in [0.2, 0.25) is 0 Å². The normalized spacial score (nSPS) is 16.8. The number of terminal acetylenes is 1. The molecule has 0 spiro atoms. The molecule has 0 radical (unpaired) electrons. The van der Waals surface area contributed by atoms with E-state index in [1.54, 1.807) is 0 Å². The second kappa shape index (κ2) is 3.44. The summed E-state index contributed by atoms with van der Waals surface area (Å²) in [5.41, 5.74) is 5.08. The van der Waals surface area contributed by atoms with Crippen molar-refractivity contribution in [2.45, 2.75) is 12.1 Å². The smallest absolute Gasteiger partial charge is 0.131 e. The van der Waals surface area contributed by atoms with Crippen molar-refractivity contribution in [3.05, 3.63) is 0 Å². The summed E-state index contributed by atoms with van der Waals surface area (Å²) in [5, 5.41) is 16.9. The van der Waals surface area contributed by atoms with Crippen molar-refractivity contribution < 1.29 is 10.2 Å². The van der Waals surface area contributed by atoms with Gasteiger partial charge in [-0.15, -0.1) is 6.42 Å². The largest absolute Gasteiger partial charge is 0.395 e. The lowest BCUT2D eigenvalue weighted by Gasteiger charge is -2.08. The molecule has 0 aromatic rings. The fourth-order valence-corrected chi connectivity index (χ4v) is 0.223. The second-order valence-electron chi connectivity index (χ2n) is 1.46. The van der Waals surface area contributed by atoms with Crippen molar-refractivity contribution in [3.8, 4) is 12.3 Å². The molecule has 0 saturated heterocycles. The van der Waals surface area contributed by atoms with Crippen molar-refractivity contribution >= 4 is 0 Å². The molecule has 0 aliphatic rings. The van der Waals surface area contributed by atoms with Crippen LogP contribution in [0.15, 0.2) is 0 Å². The minimum Gasteiger partial charge on any atom is -0.395 e. The number of hydrogen-bond donors (Lipinski definition) is 3. The lowest BCUT2D eigenvalue weighted by molar-refractivity contribution is 0.151. The molecule has 0 bridgehead atoms. The summed E-state index contributed by atoms with van der Waals surface area (Å²) in [6.07, 6.45) is 3.73. The van der Waals surface area contributed by atoms with E-state index in [1.807, 2.05) is 5.92 Å². The van der Waals surface area contributed by atoms with Gasteiger partial charge in [0.15, 0.2) is 0 Å². The van der Waals surface area contributed by atoms with Gasteiger partial charge in [0.2, 0.25) is 0 Å². The van der Waals surface area contributed by atoms with Crippen LogP contribution < -0.4 is 5.73 Å². The molecule has 1 unspecified atom stereocenters. The minimum absolute atomic E-state index is 0.286. The minimum atomic E-state index is -1.03. The monoisotopic (exact) mass is 115 g/mol. The van der Waals surface area contributed by atoms with Crippen molar-refractivity contribution in [2.24, 2.45) is 5.73 Å². The second-order valence-corrected chi connectivity index (χ2v) is 1.46. The Bertz CT molecular complexity index is 97.1. The molecule has 46 valence electrons. The zero-order valence-corrected chi connectivity index (χ0v) is 4.41. The van der Waals surface area contributed by atoms with Gasteiger partial charge < -0.3 is 15.9 Å². The van der Waals surface area contributed by atoms with Crippen LogP contribution in [-0.2, 0) is 0 Å². The van der Waals surface area contributed by atoms with Crippen molar-refractivity contribution in [1.82, 2.24) is 0 Å². The first kappa shape index (κ1) is 7.44. The zero-order valence-electron chi connectivity index (χ0n) is 4.41. The molecule has 0 aromatic carbocycles. The Hall–Kier alpha value is -0.560. The maximum absolute atomic E-state index is 8.61. The van der Waals surface area contributed by atoms with Gasteiger partial charge in [-0.05, 0) is 0 Å². The summed E-state index contributed by atoms with van der Waals surface area (Å²) in [6, 6.07) is -0.708. The molecule has 2 atom stereocenters. The highest BCUT2D eigenvalue weighted by molar-refractivity contribution is 4.98. The van der Waals surface area contributed by atoms with Crippen molar-refractivity contribution in [3.63, 3.8) is 0 Å². The Morgan fingerprint density at radius 3 is 2.38 bits per heavy atom. The van der Waals surface area contributed by atoms with Gasteiger partial charge in [0.25, 0.3) is 0 Å². The average molecular weight is 115 g/mol. The lowest BCUT2D eigenvalue weighted by atomic mass is 10.2. The van der Waals surface area contributed by atoms with Crippen LogP contribution in [0.1, 0.15) is 0 Å². The molecule has 0 amide bonds. The van der Waals surface area contributed by atoms with E-state index < -0.39 is 12.1 Å². The Labute approximate surface area is 48.1 Å².